The van der Waals surface area contributed by atoms with Gasteiger partial charge >= 0.3 is 96.7 Å². The molecule has 0 atom stereocenters. The third-order valence-corrected chi connectivity index (χ3v) is 6.11. The van der Waals surface area contributed by atoms with E-state index >= 15 is 0 Å². The number of hydrogen-bond donors (Lipinski definition) is 0. The van der Waals surface area contributed by atoms with Crippen LogP contribution in [0.5, 0.6) is 0 Å². The molecule has 1 aromatic rings. The molecular formula is C13H16Te. The van der Waals surface area contributed by atoms with Crippen LogP contribution in [0.1, 0.15) is 31.7 Å². The van der Waals surface area contributed by atoms with Gasteiger partial charge in [0.05, 0.1) is 0 Å². The Balaban J connectivity index is 2.05. The molecule has 1 heterocycles. The number of unbranched alkanes of at least 4 members (excludes halogenated alkanes) is 1. The Morgan fingerprint density at radius 2 is 2.14 bits per heavy atom. The summed E-state index contributed by atoms with van der Waals surface area (Å²) in [7, 11) is 0. The fourth-order valence-electron chi connectivity index (χ4n) is 1.68. The molecule has 0 unspecified atom stereocenters. The van der Waals surface area contributed by atoms with Crippen LogP contribution in [0.4, 0.5) is 0 Å². The predicted molar refractivity (Wildman–Crippen MR) is 63.1 cm³/mol. The van der Waals surface area contributed by atoms with E-state index in [9.17, 15) is 0 Å². The van der Waals surface area contributed by atoms with Crippen LogP contribution in [0, 0.1) is 0 Å². The third kappa shape index (κ3) is 2.41. The second-order valence-electron chi connectivity index (χ2n) is 3.69. The number of rotatable bonds is 3. The van der Waals surface area contributed by atoms with Gasteiger partial charge in [-0.25, -0.2) is 0 Å². The molecule has 1 aliphatic heterocycles. The van der Waals surface area contributed by atoms with Crippen molar-refractivity contribution < 1.29 is 0 Å². The zero-order valence-corrected chi connectivity index (χ0v) is 11.0. The van der Waals surface area contributed by atoms with E-state index in [2.05, 4.69) is 37.3 Å². The standard InChI is InChI=1S/C13H16Te/c1-2-3-7-12-10-9-11-6-4-5-8-13(11)14-12/h4-6,8,10H,2-3,7,9H2,1H3. The Morgan fingerprint density at radius 3 is 3.00 bits per heavy atom. The van der Waals surface area contributed by atoms with Crippen molar-refractivity contribution in [3.8, 4) is 0 Å². The van der Waals surface area contributed by atoms with Gasteiger partial charge in [-0.2, -0.15) is 0 Å². The maximum atomic E-state index is 2.49. The van der Waals surface area contributed by atoms with Gasteiger partial charge in [-0.3, -0.25) is 0 Å². The zero-order chi connectivity index (χ0) is 9.80. The van der Waals surface area contributed by atoms with Crippen LogP contribution in [-0.4, -0.2) is 20.9 Å². The van der Waals surface area contributed by atoms with Gasteiger partial charge in [0.15, 0.2) is 0 Å². The summed E-state index contributed by atoms with van der Waals surface area (Å²) in [5.74, 6) is 0. The molecule has 0 radical (unpaired) electrons. The quantitative estimate of drug-likeness (QED) is 0.753. The molecule has 0 spiro atoms. The summed E-state index contributed by atoms with van der Waals surface area (Å²) in [5.41, 5.74) is 1.58. The second kappa shape index (κ2) is 5.01. The average molecular weight is 300 g/mol. The summed E-state index contributed by atoms with van der Waals surface area (Å²) in [6, 6.07) is 8.97. The van der Waals surface area contributed by atoms with Crippen molar-refractivity contribution in [1.29, 1.82) is 0 Å². The Hall–Kier alpha value is -0.250. The first-order valence-corrected chi connectivity index (χ1v) is 7.68. The van der Waals surface area contributed by atoms with Crippen LogP contribution in [0.3, 0.4) is 0 Å². The Labute approximate surface area is 96.5 Å². The van der Waals surface area contributed by atoms with Gasteiger partial charge in [0.25, 0.3) is 0 Å². The van der Waals surface area contributed by atoms with Crippen LogP contribution in [0.2, 0.25) is 0 Å². The van der Waals surface area contributed by atoms with Crippen molar-refractivity contribution in [2.24, 2.45) is 0 Å². The number of fused-ring (bicyclic) bond motifs is 1. The zero-order valence-electron chi connectivity index (χ0n) is 8.62. The van der Waals surface area contributed by atoms with Crippen molar-refractivity contribution >= 4 is 24.5 Å². The molecule has 0 fully saturated rings. The van der Waals surface area contributed by atoms with Crippen LogP contribution in [0.25, 0.3) is 0 Å². The Bertz CT molecular complexity index is 339. The molecule has 1 aliphatic rings. The molecule has 1 heteroatoms. The summed E-state index contributed by atoms with van der Waals surface area (Å²) in [6.07, 6.45) is 7.72. The SMILES string of the molecule is CCCCC1=CCc2ccccc2[Te]1. The van der Waals surface area contributed by atoms with Crippen LogP contribution in [0.15, 0.2) is 34.0 Å². The van der Waals surface area contributed by atoms with Crippen LogP contribution >= 0.6 is 0 Å². The number of benzene rings is 1. The summed E-state index contributed by atoms with van der Waals surface area (Å²) >= 11 is -0.00651. The molecule has 0 saturated heterocycles. The summed E-state index contributed by atoms with van der Waals surface area (Å²) in [5, 5.41) is 0. The first kappa shape index (κ1) is 10.3. The fraction of sp³-hybridized carbons (Fsp3) is 0.385. The topological polar surface area (TPSA) is 0 Å². The molecule has 2 rings (SSSR count). The van der Waals surface area contributed by atoms with Gasteiger partial charge < -0.3 is 0 Å². The van der Waals surface area contributed by atoms with Crippen molar-refractivity contribution in [1.82, 2.24) is 0 Å². The minimum absolute atomic E-state index is 0.00651. The average Bonchev–Trinajstić information content (AvgIpc) is 2.26. The van der Waals surface area contributed by atoms with Gasteiger partial charge in [0, 0.05) is 0 Å². The van der Waals surface area contributed by atoms with E-state index in [4.69, 9.17) is 0 Å². The molecule has 0 nitrogen and oxygen atoms in total. The van der Waals surface area contributed by atoms with Gasteiger partial charge in [-0.15, -0.1) is 0 Å². The van der Waals surface area contributed by atoms with Crippen molar-refractivity contribution in [3.05, 3.63) is 39.5 Å². The van der Waals surface area contributed by atoms with E-state index < -0.39 is 0 Å². The van der Waals surface area contributed by atoms with Crippen LogP contribution < -0.4 is 3.61 Å². The van der Waals surface area contributed by atoms with Gasteiger partial charge in [-0.05, 0) is 0 Å². The number of allylic oxidation sites excluding steroid dienone is 2. The van der Waals surface area contributed by atoms with Crippen molar-refractivity contribution in [3.63, 3.8) is 0 Å². The summed E-state index contributed by atoms with van der Waals surface area (Å²) in [6.45, 7) is 2.28. The van der Waals surface area contributed by atoms with Crippen LogP contribution in [-0.2, 0) is 6.42 Å². The van der Waals surface area contributed by atoms with E-state index in [1.807, 2.05) is 0 Å². The van der Waals surface area contributed by atoms with E-state index in [0.717, 1.165) is 0 Å². The minimum atomic E-state index is -0.00651. The Morgan fingerprint density at radius 1 is 1.29 bits per heavy atom. The monoisotopic (exact) mass is 302 g/mol. The van der Waals surface area contributed by atoms with E-state index in [1.165, 1.54) is 25.7 Å². The van der Waals surface area contributed by atoms with Gasteiger partial charge in [0.2, 0.25) is 0 Å². The van der Waals surface area contributed by atoms with Gasteiger partial charge in [0.1, 0.15) is 0 Å². The normalized spacial score (nSPS) is 14.8. The molecule has 0 bridgehead atoms. The number of hydrogen-bond acceptors (Lipinski definition) is 0. The summed E-state index contributed by atoms with van der Waals surface area (Å²) < 4.78 is 3.45. The molecule has 0 N–H and O–H groups in total. The van der Waals surface area contributed by atoms with E-state index in [-0.39, 0.29) is 20.9 Å². The maximum absolute atomic E-state index is 2.49. The Kier molecular flexibility index (Phi) is 3.67. The summed E-state index contributed by atoms with van der Waals surface area (Å²) in [4.78, 5) is 0. The third-order valence-electron chi connectivity index (χ3n) is 2.54. The molecule has 1 aromatic carbocycles. The first-order valence-electron chi connectivity index (χ1n) is 5.35. The van der Waals surface area contributed by atoms with Crippen molar-refractivity contribution in [2.75, 3.05) is 0 Å². The molecule has 0 aromatic heterocycles. The molecule has 0 amide bonds. The second-order valence-corrected chi connectivity index (χ2v) is 7.02. The van der Waals surface area contributed by atoms with E-state index in [0.29, 0.717) is 0 Å². The molecular weight excluding hydrogens is 284 g/mol. The molecule has 0 saturated carbocycles. The van der Waals surface area contributed by atoms with Crippen molar-refractivity contribution in [2.45, 2.75) is 32.6 Å². The molecule has 14 heavy (non-hydrogen) atoms. The molecule has 74 valence electrons. The van der Waals surface area contributed by atoms with E-state index in [1.54, 1.807) is 12.8 Å². The molecule has 0 aliphatic carbocycles. The fourth-order valence-corrected chi connectivity index (χ4v) is 4.89. The first-order chi connectivity index (χ1) is 6.90. The van der Waals surface area contributed by atoms with Gasteiger partial charge in [-0.1, -0.05) is 0 Å². The predicted octanol–water partition coefficient (Wildman–Crippen LogP) is 2.65.